The minimum atomic E-state index is -0.308. The van der Waals surface area contributed by atoms with Crippen LogP contribution in [-0.2, 0) is 22.6 Å². The highest BCUT2D eigenvalue weighted by molar-refractivity contribution is 5.98. The van der Waals surface area contributed by atoms with Gasteiger partial charge < -0.3 is 14.5 Å². The summed E-state index contributed by atoms with van der Waals surface area (Å²) >= 11 is 0. The number of nitrogens with zero attached hydrogens (tertiary/aromatic N) is 4. The molecule has 1 fully saturated rings. The number of carbonyl (C=O) groups is 2. The molecule has 0 atom stereocenters. The van der Waals surface area contributed by atoms with Crippen molar-refractivity contribution in [3.8, 4) is 17.0 Å². The number of aryl methyl sites for hydroxylation is 1. The molecule has 0 aliphatic carbocycles. The number of piperazine rings is 1. The van der Waals surface area contributed by atoms with Gasteiger partial charge in [0.05, 0.1) is 12.8 Å². The molecule has 32 heavy (non-hydrogen) atoms. The molecule has 0 radical (unpaired) electrons. The number of amides is 2. The van der Waals surface area contributed by atoms with Crippen LogP contribution in [0.1, 0.15) is 12.6 Å². The SMILES string of the molecule is CCc1cc(-c2ccc(F)cc2)nn1CC(=O)N1CCN(c2cccc(OC)c2)C(=O)C1. The first kappa shape index (κ1) is 21.5. The molecule has 0 saturated carbocycles. The van der Waals surface area contributed by atoms with E-state index in [2.05, 4.69) is 5.10 Å². The van der Waals surface area contributed by atoms with E-state index in [1.807, 2.05) is 37.3 Å². The minimum absolute atomic E-state index is 0.0174. The molecule has 0 N–H and O–H groups in total. The Morgan fingerprint density at radius 2 is 1.91 bits per heavy atom. The molecule has 1 saturated heterocycles. The Labute approximate surface area is 186 Å². The Morgan fingerprint density at radius 1 is 1.12 bits per heavy atom. The van der Waals surface area contributed by atoms with Gasteiger partial charge in [-0.05, 0) is 48.9 Å². The van der Waals surface area contributed by atoms with Crippen molar-refractivity contribution in [2.24, 2.45) is 0 Å². The maximum atomic E-state index is 13.2. The molecule has 1 aliphatic rings. The van der Waals surface area contributed by atoms with E-state index in [9.17, 15) is 14.0 Å². The quantitative estimate of drug-likeness (QED) is 0.596. The van der Waals surface area contributed by atoms with E-state index in [0.717, 1.165) is 16.9 Å². The normalized spacial score (nSPS) is 14.0. The standard InChI is InChI=1S/C24H25FN4O3/c1-3-19-14-22(17-7-9-18(25)10-8-17)26-29(19)16-23(30)27-11-12-28(24(31)15-27)20-5-4-6-21(13-20)32-2/h4-10,13-14H,3,11-12,15-16H2,1-2H3. The Morgan fingerprint density at radius 3 is 2.59 bits per heavy atom. The summed E-state index contributed by atoms with van der Waals surface area (Å²) < 4.78 is 20.1. The van der Waals surface area contributed by atoms with Crippen LogP contribution in [0.25, 0.3) is 11.3 Å². The summed E-state index contributed by atoms with van der Waals surface area (Å²) in [5.41, 5.74) is 3.13. The highest BCUT2D eigenvalue weighted by Crippen LogP contribution is 2.23. The van der Waals surface area contributed by atoms with E-state index in [0.29, 0.717) is 31.0 Å². The van der Waals surface area contributed by atoms with Gasteiger partial charge in [-0.3, -0.25) is 14.3 Å². The number of hydrogen-bond donors (Lipinski definition) is 0. The highest BCUT2D eigenvalue weighted by Gasteiger charge is 2.28. The predicted molar refractivity (Wildman–Crippen MR) is 119 cm³/mol. The fraction of sp³-hybridized carbons (Fsp3) is 0.292. The number of benzene rings is 2. The fourth-order valence-corrected chi connectivity index (χ4v) is 3.80. The Balaban J connectivity index is 1.44. The van der Waals surface area contributed by atoms with Gasteiger partial charge in [0.25, 0.3) is 0 Å². The van der Waals surface area contributed by atoms with E-state index >= 15 is 0 Å². The van der Waals surface area contributed by atoms with Gasteiger partial charge in [-0.15, -0.1) is 0 Å². The molecular formula is C24H25FN4O3. The van der Waals surface area contributed by atoms with Gasteiger partial charge in [-0.1, -0.05) is 13.0 Å². The zero-order valence-electron chi connectivity index (χ0n) is 18.1. The number of carbonyl (C=O) groups excluding carboxylic acids is 2. The predicted octanol–water partition coefficient (Wildman–Crippen LogP) is 3.14. The minimum Gasteiger partial charge on any atom is -0.497 e. The monoisotopic (exact) mass is 436 g/mol. The Hall–Kier alpha value is -3.68. The number of hydrogen-bond acceptors (Lipinski definition) is 4. The molecule has 2 heterocycles. The lowest BCUT2D eigenvalue weighted by Crippen LogP contribution is -2.53. The van der Waals surface area contributed by atoms with Gasteiger partial charge >= 0.3 is 0 Å². The lowest BCUT2D eigenvalue weighted by Gasteiger charge is -2.34. The molecule has 8 heteroatoms. The maximum Gasteiger partial charge on any atom is 0.246 e. The average molecular weight is 436 g/mol. The van der Waals surface area contributed by atoms with E-state index in [-0.39, 0.29) is 30.7 Å². The number of rotatable bonds is 6. The molecule has 4 rings (SSSR count). The largest absolute Gasteiger partial charge is 0.497 e. The van der Waals surface area contributed by atoms with Crippen LogP contribution in [0.4, 0.5) is 10.1 Å². The summed E-state index contributed by atoms with van der Waals surface area (Å²) in [7, 11) is 1.58. The first-order valence-electron chi connectivity index (χ1n) is 10.5. The summed E-state index contributed by atoms with van der Waals surface area (Å²) in [6, 6.07) is 15.3. The van der Waals surface area contributed by atoms with Gasteiger partial charge in [-0.2, -0.15) is 5.10 Å². The molecule has 0 spiro atoms. The third-order valence-electron chi connectivity index (χ3n) is 5.59. The summed E-state index contributed by atoms with van der Waals surface area (Å²) in [5, 5.41) is 4.55. The smallest absolute Gasteiger partial charge is 0.246 e. The topological polar surface area (TPSA) is 67.7 Å². The van der Waals surface area contributed by atoms with Gasteiger partial charge in [-0.25, -0.2) is 4.39 Å². The Bertz CT molecular complexity index is 1130. The van der Waals surface area contributed by atoms with Crippen molar-refractivity contribution in [3.05, 3.63) is 66.1 Å². The Kier molecular flexibility index (Phi) is 6.20. The zero-order valence-corrected chi connectivity index (χ0v) is 18.1. The van der Waals surface area contributed by atoms with E-state index in [1.165, 1.54) is 12.1 Å². The van der Waals surface area contributed by atoms with E-state index < -0.39 is 0 Å². The van der Waals surface area contributed by atoms with Crippen molar-refractivity contribution in [3.63, 3.8) is 0 Å². The summed E-state index contributed by atoms with van der Waals surface area (Å²) in [4.78, 5) is 28.9. The second-order valence-electron chi connectivity index (χ2n) is 7.60. The second-order valence-corrected chi connectivity index (χ2v) is 7.60. The number of methoxy groups -OCH3 is 1. The molecular weight excluding hydrogens is 411 g/mol. The molecule has 3 aromatic rings. The van der Waals surface area contributed by atoms with Crippen LogP contribution in [0.5, 0.6) is 5.75 Å². The number of halogens is 1. The van der Waals surface area contributed by atoms with Crippen molar-refractivity contribution < 1.29 is 18.7 Å². The van der Waals surface area contributed by atoms with Gasteiger partial charge in [0, 0.05) is 36.1 Å². The maximum absolute atomic E-state index is 13.2. The number of aromatic nitrogens is 2. The van der Waals surface area contributed by atoms with Crippen molar-refractivity contribution >= 4 is 17.5 Å². The number of ether oxygens (including phenoxy) is 1. The summed E-state index contributed by atoms with van der Waals surface area (Å²) in [6.45, 7) is 2.91. The average Bonchev–Trinajstić information content (AvgIpc) is 3.22. The van der Waals surface area contributed by atoms with Gasteiger partial charge in [0.2, 0.25) is 11.8 Å². The third-order valence-corrected chi connectivity index (χ3v) is 5.59. The van der Waals surface area contributed by atoms with Gasteiger partial charge in [0.15, 0.2) is 0 Å². The van der Waals surface area contributed by atoms with Crippen molar-refractivity contribution in [1.82, 2.24) is 14.7 Å². The lowest BCUT2D eigenvalue weighted by molar-refractivity contribution is -0.137. The molecule has 7 nitrogen and oxygen atoms in total. The molecule has 2 aromatic carbocycles. The summed E-state index contributed by atoms with van der Waals surface area (Å²) in [5.74, 6) is 0.0708. The van der Waals surface area contributed by atoms with Crippen molar-refractivity contribution in [2.45, 2.75) is 19.9 Å². The molecule has 2 amide bonds. The third kappa shape index (κ3) is 4.49. The van der Waals surface area contributed by atoms with Crippen LogP contribution >= 0.6 is 0 Å². The van der Waals surface area contributed by atoms with Crippen LogP contribution in [0.2, 0.25) is 0 Å². The van der Waals surface area contributed by atoms with E-state index in [1.54, 1.807) is 33.7 Å². The van der Waals surface area contributed by atoms with Crippen molar-refractivity contribution in [1.29, 1.82) is 0 Å². The molecule has 0 bridgehead atoms. The van der Waals surface area contributed by atoms with Crippen LogP contribution < -0.4 is 9.64 Å². The molecule has 166 valence electrons. The van der Waals surface area contributed by atoms with Crippen LogP contribution in [0, 0.1) is 5.82 Å². The van der Waals surface area contributed by atoms with Crippen LogP contribution in [-0.4, -0.2) is 53.2 Å². The first-order chi connectivity index (χ1) is 15.5. The van der Waals surface area contributed by atoms with Crippen LogP contribution in [0.3, 0.4) is 0 Å². The van der Waals surface area contributed by atoms with Crippen LogP contribution in [0.15, 0.2) is 54.6 Å². The number of anilines is 1. The highest BCUT2D eigenvalue weighted by atomic mass is 19.1. The first-order valence-corrected chi connectivity index (χ1v) is 10.5. The zero-order chi connectivity index (χ0) is 22.7. The molecule has 1 aliphatic heterocycles. The molecule has 1 aromatic heterocycles. The second kappa shape index (κ2) is 9.21. The van der Waals surface area contributed by atoms with E-state index in [4.69, 9.17) is 4.74 Å². The lowest BCUT2D eigenvalue weighted by atomic mass is 10.1. The molecule has 0 unspecified atom stereocenters. The van der Waals surface area contributed by atoms with Gasteiger partial charge in [0.1, 0.15) is 24.7 Å². The fourth-order valence-electron chi connectivity index (χ4n) is 3.80. The summed E-state index contributed by atoms with van der Waals surface area (Å²) in [6.07, 6.45) is 0.698. The van der Waals surface area contributed by atoms with Crippen molar-refractivity contribution in [2.75, 3.05) is 31.6 Å².